The highest BCUT2D eigenvalue weighted by Gasteiger charge is 2.60. The SMILES string of the molecule is CC1(C)O[C@@H]2[C@H](O1)[C@@H]([C@H](OCc1ccccc1)c1ccccc1)O[C@@H]2[C@H]1COC(C)(C)O1. The quantitative estimate of drug-likeness (QED) is 0.664. The summed E-state index contributed by atoms with van der Waals surface area (Å²) in [5.74, 6) is -1.34. The third kappa shape index (κ3) is 4.49. The average Bonchev–Trinajstić information content (AvgIpc) is 3.40. The lowest BCUT2D eigenvalue weighted by molar-refractivity contribution is -0.219. The van der Waals surface area contributed by atoms with E-state index in [1.807, 2.05) is 64.1 Å². The van der Waals surface area contributed by atoms with Gasteiger partial charge < -0.3 is 28.4 Å². The van der Waals surface area contributed by atoms with Crippen molar-refractivity contribution >= 4 is 0 Å². The molecule has 32 heavy (non-hydrogen) atoms. The number of rotatable bonds is 6. The summed E-state index contributed by atoms with van der Waals surface area (Å²) < 4.78 is 37.8. The Morgan fingerprint density at radius 1 is 0.812 bits per heavy atom. The minimum absolute atomic E-state index is 0.231. The van der Waals surface area contributed by atoms with Gasteiger partial charge in [-0.15, -0.1) is 0 Å². The van der Waals surface area contributed by atoms with E-state index in [1.54, 1.807) is 0 Å². The van der Waals surface area contributed by atoms with Gasteiger partial charge in [-0.1, -0.05) is 60.7 Å². The molecule has 0 aliphatic carbocycles. The summed E-state index contributed by atoms with van der Waals surface area (Å²) in [7, 11) is 0. The molecule has 5 rings (SSSR count). The highest BCUT2D eigenvalue weighted by Crippen LogP contribution is 2.46. The van der Waals surface area contributed by atoms with Gasteiger partial charge in [0.25, 0.3) is 0 Å². The molecule has 3 saturated heterocycles. The lowest BCUT2D eigenvalue weighted by atomic mass is 9.97. The fourth-order valence-electron chi connectivity index (χ4n) is 4.87. The van der Waals surface area contributed by atoms with Crippen LogP contribution in [0.3, 0.4) is 0 Å². The molecule has 172 valence electrons. The number of ether oxygens (including phenoxy) is 6. The third-order valence-corrected chi connectivity index (χ3v) is 6.22. The Kier molecular flexibility index (Phi) is 5.86. The number of hydrogen-bond acceptors (Lipinski definition) is 6. The van der Waals surface area contributed by atoms with E-state index in [0.717, 1.165) is 11.1 Å². The van der Waals surface area contributed by atoms with Crippen molar-refractivity contribution in [3.05, 3.63) is 71.8 Å². The van der Waals surface area contributed by atoms with Crippen LogP contribution in [0.5, 0.6) is 0 Å². The van der Waals surface area contributed by atoms with Crippen molar-refractivity contribution in [3.8, 4) is 0 Å². The predicted octanol–water partition coefficient (Wildman–Crippen LogP) is 4.38. The van der Waals surface area contributed by atoms with Gasteiger partial charge >= 0.3 is 0 Å². The molecule has 3 aliphatic heterocycles. The van der Waals surface area contributed by atoms with E-state index in [0.29, 0.717) is 13.2 Å². The summed E-state index contributed by atoms with van der Waals surface area (Å²) in [6, 6.07) is 20.3. The van der Waals surface area contributed by atoms with E-state index < -0.39 is 11.6 Å². The predicted molar refractivity (Wildman–Crippen MR) is 118 cm³/mol. The van der Waals surface area contributed by atoms with Crippen LogP contribution < -0.4 is 0 Å². The molecule has 0 bridgehead atoms. The maximum Gasteiger partial charge on any atom is 0.164 e. The van der Waals surface area contributed by atoms with E-state index in [4.69, 9.17) is 28.4 Å². The summed E-state index contributed by atoms with van der Waals surface area (Å²) in [5.41, 5.74) is 2.16. The van der Waals surface area contributed by atoms with Crippen LogP contribution in [0, 0.1) is 0 Å². The maximum atomic E-state index is 6.62. The second-order valence-electron chi connectivity index (χ2n) is 9.63. The molecule has 0 aromatic heterocycles. The Labute approximate surface area is 189 Å². The summed E-state index contributed by atoms with van der Waals surface area (Å²) >= 11 is 0. The van der Waals surface area contributed by atoms with Crippen LogP contribution in [0.4, 0.5) is 0 Å². The van der Waals surface area contributed by atoms with E-state index >= 15 is 0 Å². The van der Waals surface area contributed by atoms with Gasteiger partial charge in [-0.05, 0) is 38.8 Å². The Morgan fingerprint density at radius 2 is 1.47 bits per heavy atom. The van der Waals surface area contributed by atoms with Gasteiger partial charge in [0.15, 0.2) is 11.6 Å². The maximum absolute atomic E-state index is 6.62. The van der Waals surface area contributed by atoms with Crippen molar-refractivity contribution in [1.29, 1.82) is 0 Å². The molecule has 6 atom stereocenters. The molecular weight excluding hydrogens is 408 g/mol. The molecule has 0 radical (unpaired) electrons. The first-order chi connectivity index (χ1) is 15.3. The van der Waals surface area contributed by atoms with E-state index in [2.05, 4.69) is 24.3 Å². The summed E-state index contributed by atoms with van der Waals surface area (Å²) in [6.07, 6.45) is -1.73. The van der Waals surface area contributed by atoms with E-state index in [-0.39, 0.29) is 36.6 Å². The summed E-state index contributed by atoms with van der Waals surface area (Å²) in [4.78, 5) is 0. The van der Waals surface area contributed by atoms with Gasteiger partial charge in [0.1, 0.15) is 36.6 Å². The Hall–Kier alpha value is -1.80. The second kappa shape index (κ2) is 8.52. The standard InChI is InChI=1S/C26H32O6/c1-25(2)28-16-19(30-25)21-23-24(32-26(3,4)31-23)22(29-21)20(18-13-9-6-10-14-18)27-15-17-11-7-5-8-12-17/h5-14,19-24H,15-16H2,1-4H3/t19-,20-,21-,22-,23+,24-/m1/s1. The van der Waals surface area contributed by atoms with Crippen LogP contribution in [0.1, 0.15) is 44.9 Å². The molecule has 2 aromatic rings. The largest absolute Gasteiger partial charge is 0.366 e. The third-order valence-electron chi connectivity index (χ3n) is 6.22. The van der Waals surface area contributed by atoms with Gasteiger partial charge in [0.2, 0.25) is 0 Å². The van der Waals surface area contributed by atoms with Crippen LogP contribution in [-0.2, 0) is 35.0 Å². The minimum atomic E-state index is -0.703. The molecule has 0 unspecified atom stereocenters. The van der Waals surface area contributed by atoms with Crippen LogP contribution >= 0.6 is 0 Å². The van der Waals surface area contributed by atoms with Crippen LogP contribution in [0.2, 0.25) is 0 Å². The van der Waals surface area contributed by atoms with Crippen LogP contribution in [0.15, 0.2) is 60.7 Å². The van der Waals surface area contributed by atoms with Crippen LogP contribution in [0.25, 0.3) is 0 Å². The molecule has 0 N–H and O–H groups in total. The van der Waals surface area contributed by atoms with Gasteiger partial charge in [-0.2, -0.15) is 0 Å². The van der Waals surface area contributed by atoms with Crippen molar-refractivity contribution in [2.45, 2.75) is 82.5 Å². The summed E-state index contributed by atoms with van der Waals surface area (Å²) in [6.45, 7) is 8.65. The highest BCUT2D eigenvalue weighted by atomic mass is 16.8. The minimum Gasteiger partial charge on any atom is -0.366 e. The molecular formula is C26H32O6. The number of fused-ring (bicyclic) bond motifs is 1. The molecule has 6 nitrogen and oxygen atoms in total. The normalized spacial score (nSPS) is 33.8. The van der Waals surface area contributed by atoms with Gasteiger partial charge in [-0.25, -0.2) is 0 Å². The first-order valence-electron chi connectivity index (χ1n) is 11.3. The zero-order valence-electron chi connectivity index (χ0n) is 19.1. The number of hydrogen-bond donors (Lipinski definition) is 0. The molecule has 3 heterocycles. The zero-order valence-corrected chi connectivity index (χ0v) is 19.1. The van der Waals surface area contributed by atoms with Crippen molar-refractivity contribution in [2.75, 3.05) is 6.61 Å². The molecule has 0 amide bonds. The molecule has 0 spiro atoms. The Bertz CT molecular complexity index is 899. The highest BCUT2D eigenvalue weighted by molar-refractivity contribution is 5.22. The molecule has 0 saturated carbocycles. The van der Waals surface area contributed by atoms with Gasteiger partial charge in [-0.3, -0.25) is 0 Å². The van der Waals surface area contributed by atoms with Gasteiger partial charge in [0, 0.05) is 0 Å². The topological polar surface area (TPSA) is 55.4 Å². The first-order valence-corrected chi connectivity index (χ1v) is 11.3. The van der Waals surface area contributed by atoms with Crippen molar-refractivity contribution in [2.24, 2.45) is 0 Å². The Morgan fingerprint density at radius 3 is 2.12 bits per heavy atom. The summed E-state index contributed by atoms with van der Waals surface area (Å²) in [5, 5.41) is 0. The monoisotopic (exact) mass is 440 g/mol. The lowest BCUT2D eigenvalue weighted by Gasteiger charge is -2.30. The average molecular weight is 441 g/mol. The fraction of sp³-hybridized carbons (Fsp3) is 0.538. The molecule has 3 aliphatic rings. The van der Waals surface area contributed by atoms with Crippen LogP contribution in [-0.4, -0.2) is 48.7 Å². The van der Waals surface area contributed by atoms with Crippen molar-refractivity contribution in [3.63, 3.8) is 0 Å². The zero-order chi connectivity index (χ0) is 22.3. The Balaban J connectivity index is 1.43. The smallest absolute Gasteiger partial charge is 0.164 e. The van der Waals surface area contributed by atoms with Crippen molar-refractivity contribution < 1.29 is 28.4 Å². The van der Waals surface area contributed by atoms with Gasteiger partial charge in [0.05, 0.1) is 13.2 Å². The van der Waals surface area contributed by atoms with E-state index in [1.165, 1.54) is 0 Å². The first kappa shape index (κ1) is 22.0. The molecule has 2 aromatic carbocycles. The fourth-order valence-corrected chi connectivity index (χ4v) is 4.87. The molecule has 3 fully saturated rings. The van der Waals surface area contributed by atoms with E-state index in [9.17, 15) is 0 Å². The molecule has 6 heteroatoms. The van der Waals surface area contributed by atoms with Crippen molar-refractivity contribution in [1.82, 2.24) is 0 Å². The number of benzene rings is 2. The lowest BCUT2D eigenvalue weighted by Crippen LogP contribution is -2.40. The second-order valence-corrected chi connectivity index (χ2v) is 9.63.